The molecule has 0 aromatic carbocycles. The second-order valence-corrected chi connectivity index (χ2v) is 7.97. The number of rotatable bonds is 7. The maximum atomic E-state index is 11.8. The Bertz CT molecular complexity index is 633. The highest BCUT2D eigenvalue weighted by Crippen LogP contribution is 2.41. The van der Waals surface area contributed by atoms with E-state index in [0.717, 1.165) is 6.42 Å². The Kier molecular flexibility index (Phi) is 8.74. The van der Waals surface area contributed by atoms with E-state index in [4.69, 9.17) is 9.47 Å². The normalized spacial score (nSPS) is 21.4. The third kappa shape index (κ3) is 6.53. The molecule has 0 amide bonds. The van der Waals surface area contributed by atoms with Crippen LogP contribution < -0.4 is 0 Å². The van der Waals surface area contributed by atoms with Crippen LogP contribution in [0.25, 0.3) is 0 Å². The maximum absolute atomic E-state index is 11.8. The highest BCUT2D eigenvalue weighted by molar-refractivity contribution is 5.98. The monoisotopic (exact) mass is 374 g/mol. The summed E-state index contributed by atoms with van der Waals surface area (Å²) in [6.07, 6.45) is 14.9. The largest absolute Gasteiger partial charge is 0.468 e. The molecule has 2 unspecified atom stereocenters. The van der Waals surface area contributed by atoms with Crippen LogP contribution in [0.4, 0.5) is 0 Å². The van der Waals surface area contributed by atoms with Crippen LogP contribution in [-0.2, 0) is 19.1 Å². The molecular weight excluding hydrogens is 340 g/mol. The minimum Gasteiger partial charge on any atom is -0.468 e. The quantitative estimate of drug-likeness (QED) is 0.271. The van der Waals surface area contributed by atoms with Crippen molar-refractivity contribution in [3.05, 3.63) is 47.6 Å². The second-order valence-electron chi connectivity index (χ2n) is 7.97. The molecule has 0 saturated carbocycles. The fourth-order valence-electron chi connectivity index (χ4n) is 3.52. The summed E-state index contributed by atoms with van der Waals surface area (Å²) in [6.45, 7) is 10.7. The van der Waals surface area contributed by atoms with Gasteiger partial charge in [-0.05, 0) is 43.6 Å². The van der Waals surface area contributed by atoms with Crippen molar-refractivity contribution in [1.29, 1.82) is 0 Å². The lowest BCUT2D eigenvalue weighted by Gasteiger charge is -2.36. The van der Waals surface area contributed by atoms with Crippen molar-refractivity contribution in [2.75, 3.05) is 14.2 Å². The van der Waals surface area contributed by atoms with Gasteiger partial charge < -0.3 is 9.47 Å². The summed E-state index contributed by atoms with van der Waals surface area (Å²) >= 11 is 0. The average molecular weight is 375 g/mol. The zero-order chi connectivity index (χ0) is 20.6. The minimum absolute atomic E-state index is 0.245. The predicted molar refractivity (Wildman–Crippen MR) is 109 cm³/mol. The SMILES string of the molecule is COC(=O)C(C(=O)OC)C(C)=C/C=C/C(C)/C=C/C1C(C)=CCCC1(C)C. The summed E-state index contributed by atoms with van der Waals surface area (Å²) < 4.78 is 9.40. The van der Waals surface area contributed by atoms with E-state index < -0.39 is 17.9 Å². The molecule has 4 heteroatoms. The minimum atomic E-state index is -1.02. The summed E-state index contributed by atoms with van der Waals surface area (Å²) in [7, 11) is 2.52. The molecule has 150 valence electrons. The lowest BCUT2D eigenvalue weighted by Crippen LogP contribution is -2.27. The Morgan fingerprint density at radius 3 is 2.30 bits per heavy atom. The van der Waals surface area contributed by atoms with Gasteiger partial charge in [-0.2, -0.15) is 0 Å². The summed E-state index contributed by atoms with van der Waals surface area (Å²) in [5, 5.41) is 0. The lowest BCUT2D eigenvalue weighted by atomic mass is 9.68. The number of hydrogen-bond donors (Lipinski definition) is 0. The molecule has 0 saturated heterocycles. The molecule has 0 aromatic rings. The molecule has 4 nitrogen and oxygen atoms in total. The number of allylic oxidation sites excluding steroid dienone is 7. The molecule has 0 aliphatic heterocycles. The maximum Gasteiger partial charge on any atom is 0.324 e. The number of carbonyl (C=O) groups is 2. The van der Waals surface area contributed by atoms with Gasteiger partial charge in [0.05, 0.1) is 14.2 Å². The van der Waals surface area contributed by atoms with E-state index in [0.29, 0.717) is 11.5 Å². The Hall–Kier alpha value is -2.10. The molecule has 0 spiro atoms. The highest BCUT2D eigenvalue weighted by Gasteiger charge is 2.31. The molecule has 0 bridgehead atoms. The van der Waals surface area contributed by atoms with Gasteiger partial charge >= 0.3 is 11.9 Å². The highest BCUT2D eigenvalue weighted by atomic mass is 16.5. The van der Waals surface area contributed by atoms with E-state index in [1.807, 2.05) is 12.2 Å². The van der Waals surface area contributed by atoms with E-state index >= 15 is 0 Å². The third-order valence-corrected chi connectivity index (χ3v) is 5.30. The van der Waals surface area contributed by atoms with Crippen molar-refractivity contribution in [2.45, 2.75) is 47.5 Å². The van der Waals surface area contributed by atoms with E-state index in [9.17, 15) is 9.59 Å². The van der Waals surface area contributed by atoms with Gasteiger partial charge in [0.25, 0.3) is 0 Å². The Labute approximate surface area is 164 Å². The molecule has 0 fully saturated rings. The molecule has 27 heavy (non-hydrogen) atoms. The van der Waals surface area contributed by atoms with Crippen LogP contribution in [0.2, 0.25) is 0 Å². The first-order valence-electron chi connectivity index (χ1n) is 9.49. The van der Waals surface area contributed by atoms with Gasteiger partial charge in [0.15, 0.2) is 5.92 Å². The molecule has 0 N–H and O–H groups in total. The van der Waals surface area contributed by atoms with Crippen LogP contribution in [0.5, 0.6) is 0 Å². The smallest absolute Gasteiger partial charge is 0.324 e. The summed E-state index contributed by atoms with van der Waals surface area (Å²) in [5.74, 6) is -1.54. The van der Waals surface area contributed by atoms with Crippen molar-refractivity contribution in [1.82, 2.24) is 0 Å². The number of methoxy groups -OCH3 is 2. The zero-order valence-electron chi connectivity index (χ0n) is 17.7. The topological polar surface area (TPSA) is 52.6 Å². The zero-order valence-corrected chi connectivity index (χ0v) is 17.7. The molecule has 1 aliphatic carbocycles. The van der Waals surface area contributed by atoms with Crippen molar-refractivity contribution in [3.8, 4) is 0 Å². The predicted octanol–water partition coefficient (Wildman–Crippen LogP) is 5.03. The molecule has 0 aromatic heterocycles. The van der Waals surface area contributed by atoms with Gasteiger partial charge in [0.2, 0.25) is 0 Å². The first-order chi connectivity index (χ1) is 12.6. The van der Waals surface area contributed by atoms with Crippen molar-refractivity contribution < 1.29 is 19.1 Å². The third-order valence-electron chi connectivity index (χ3n) is 5.30. The van der Waals surface area contributed by atoms with Crippen molar-refractivity contribution in [2.24, 2.45) is 23.2 Å². The molecular formula is C23H34O4. The van der Waals surface area contributed by atoms with Gasteiger partial charge in [-0.15, -0.1) is 0 Å². The van der Waals surface area contributed by atoms with Gasteiger partial charge in [-0.1, -0.05) is 62.8 Å². The first kappa shape index (κ1) is 22.9. The van der Waals surface area contributed by atoms with Crippen molar-refractivity contribution >= 4 is 11.9 Å². The van der Waals surface area contributed by atoms with Crippen LogP contribution in [0, 0.1) is 23.2 Å². The van der Waals surface area contributed by atoms with E-state index in [1.165, 1.54) is 26.2 Å². The number of ether oxygens (including phenoxy) is 2. The number of carbonyl (C=O) groups excluding carboxylic acids is 2. The fourth-order valence-corrected chi connectivity index (χ4v) is 3.52. The molecule has 0 heterocycles. The van der Waals surface area contributed by atoms with Gasteiger partial charge in [0.1, 0.15) is 0 Å². The van der Waals surface area contributed by atoms with Crippen LogP contribution >= 0.6 is 0 Å². The van der Waals surface area contributed by atoms with Gasteiger partial charge in [0, 0.05) is 5.92 Å². The summed E-state index contributed by atoms with van der Waals surface area (Å²) in [6, 6.07) is 0. The van der Waals surface area contributed by atoms with E-state index in [1.54, 1.807) is 13.0 Å². The standard InChI is InChI=1S/C23H34O4/c1-16(13-14-19-17(2)12-9-15-23(19,4)5)10-8-11-18(3)20(21(24)26-6)22(25)27-7/h8,10-14,16,19-20H,9,15H2,1-7H3/b10-8+,14-13+,18-11?. The van der Waals surface area contributed by atoms with E-state index in [-0.39, 0.29) is 11.3 Å². The van der Waals surface area contributed by atoms with Crippen LogP contribution in [0.1, 0.15) is 47.5 Å². The summed E-state index contributed by atoms with van der Waals surface area (Å²) in [5.41, 5.74) is 2.31. The molecule has 1 aliphatic rings. The first-order valence-corrected chi connectivity index (χ1v) is 9.49. The van der Waals surface area contributed by atoms with E-state index in [2.05, 4.69) is 45.9 Å². The Morgan fingerprint density at radius 1 is 1.19 bits per heavy atom. The van der Waals surface area contributed by atoms with Crippen LogP contribution in [0.3, 0.4) is 0 Å². The van der Waals surface area contributed by atoms with Crippen LogP contribution in [0.15, 0.2) is 47.6 Å². The van der Waals surface area contributed by atoms with Crippen molar-refractivity contribution in [3.63, 3.8) is 0 Å². The Morgan fingerprint density at radius 2 is 1.78 bits per heavy atom. The summed E-state index contributed by atoms with van der Waals surface area (Å²) in [4.78, 5) is 23.6. The second kappa shape index (κ2) is 10.3. The Balaban J connectivity index is 2.81. The average Bonchev–Trinajstić information content (AvgIpc) is 2.60. The molecule has 0 radical (unpaired) electrons. The molecule has 1 rings (SSSR count). The molecule has 2 atom stereocenters. The lowest BCUT2D eigenvalue weighted by molar-refractivity contribution is -0.156. The van der Waals surface area contributed by atoms with Gasteiger partial charge in [-0.3, -0.25) is 9.59 Å². The van der Waals surface area contributed by atoms with Gasteiger partial charge in [-0.25, -0.2) is 0 Å². The van der Waals surface area contributed by atoms with Crippen LogP contribution in [-0.4, -0.2) is 26.2 Å². The number of esters is 2. The number of hydrogen-bond acceptors (Lipinski definition) is 4. The fraction of sp³-hybridized carbons (Fsp3) is 0.565.